The molecule has 1 spiro atoms. The molecule has 2 bridgehead atoms. The Morgan fingerprint density at radius 2 is 2.15 bits per heavy atom. The fraction of sp³-hybridized carbons (Fsp3) is 0.846. The van der Waals surface area contributed by atoms with Gasteiger partial charge in [-0.15, -0.1) is 4.28 Å². The molecule has 3 saturated heterocycles. The predicted molar refractivity (Wildman–Crippen MR) is 82.5 cm³/mol. The standard InChI is InChI=1S/C13H20N4O8S/c1-14-7-2-9(7)24-15-11(18)8-3-13(5-23-6-13)10-4-16(8)12(19)17(10)25-26(20,21)22/h7-10,14H,2-6H2,1H3,(H,15,18)(H,20,21,22)/t7?,8-,9?,10-/m0/s1. The lowest BCUT2D eigenvalue weighted by molar-refractivity contribution is -0.194. The van der Waals surface area contributed by atoms with Crippen LogP contribution >= 0.6 is 0 Å². The second-order valence-corrected chi connectivity index (χ2v) is 8.11. The molecule has 13 heteroatoms. The van der Waals surface area contributed by atoms with Gasteiger partial charge in [0.25, 0.3) is 5.91 Å². The van der Waals surface area contributed by atoms with Crippen LogP contribution in [0.5, 0.6) is 0 Å². The molecule has 3 amide bonds. The molecular formula is C13H20N4O8S. The number of carbonyl (C=O) groups is 2. The van der Waals surface area contributed by atoms with Crippen molar-refractivity contribution in [3.8, 4) is 0 Å². The lowest BCUT2D eigenvalue weighted by Gasteiger charge is -2.50. The Hall–Kier alpha value is -1.51. The molecule has 4 fully saturated rings. The van der Waals surface area contributed by atoms with Crippen molar-refractivity contribution in [3.63, 3.8) is 0 Å². The molecule has 2 unspecified atom stereocenters. The van der Waals surface area contributed by atoms with Gasteiger partial charge in [-0.25, -0.2) is 10.3 Å². The number of carbonyl (C=O) groups excluding carboxylic acids is 2. The maximum absolute atomic E-state index is 12.6. The normalized spacial score (nSPS) is 34.8. The van der Waals surface area contributed by atoms with E-state index in [2.05, 4.69) is 15.1 Å². The minimum atomic E-state index is -4.87. The summed E-state index contributed by atoms with van der Waals surface area (Å²) in [6.07, 6.45) is 0.944. The lowest BCUT2D eigenvalue weighted by atomic mass is 9.71. The maximum Gasteiger partial charge on any atom is 0.418 e. The summed E-state index contributed by atoms with van der Waals surface area (Å²) in [5.74, 6) is -0.487. The molecule has 0 aromatic heterocycles. The zero-order valence-corrected chi connectivity index (χ0v) is 14.8. The number of ether oxygens (including phenoxy) is 1. The Bertz CT molecular complexity index is 726. The van der Waals surface area contributed by atoms with Crippen molar-refractivity contribution < 1.29 is 36.4 Å². The zero-order valence-electron chi connectivity index (χ0n) is 14.0. The Labute approximate surface area is 149 Å². The quantitative estimate of drug-likeness (QED) is 0.346. The largest absolute Gasteiger partial charge is 0.418 e. The summed E-state index contributed by atoms with van der Waals surface area (Å²) in [6, 6.07) is -2.09. The number of hydrogen-bond acceptors (Lipinski definition) is 8. The first-order valence-electron chi connectivity index (χ1n) is 8.21. The highest BCUT2D eigenvalue weighted by Gasteiger charge is 2.63. The molecule has 1 aliphatic carbocycles. The first kappa shape index (κ1) is 17.9. The van der Waals surface area contributed by atoms with Gasteiger partial charge in [-0.05, 0) is 19.9 Å². The van der Waals surface area contributed by atoms with Gasteiger partial charge in [-0.2, -0.15) is 13.5 Å². The van der Waals surface area contributed by atoms with Gasteiger partial charge in [0, 0.05) is 18.0 Å². The number of urea groups is 1. The summed E-state index contributed by atoms with van der Waals surface area (Å²) in [5, 5.41) is 3.65. The van der Waals surface area contributed by atoms with Crippen molar-refractivity contribution in [1.82, 2.24) is 20.8 Å². The number of piperidine rings is 1. The monoisotopic (exact) mass is 392 g/mol. The molecule has 26 heavy (non-hydrogen) atoms. The van der Waals surface area contributed by atoms with E-state index in [1.165, 1.54) is 4.90 Å². The lowest BCUT2D eigenvalue weighted by Crippen LogP contribution is -2.63. The van der Waals surface area contributed by atoms with Gasteiger partial charge < -0.3 is 15.0 Å². The van der Waals surface area contributed by atoms with Gasteiger partial charge in [0.1, 0.15) is 12.1 Å². The second kappa shape index (κ2) is 6.00. The first-order chi connectivity index (χ1) is 12.2. The van der Waals surface area contributed by atoms with E-state index >= 15 is 0 Å². The summed E-state index contributed by atoms with van der Waals surface area (Å²) in [4.78, 5) is 31.6. The van der Waals surface area contributed by atoms with Crippen molar-refractivity contribution in [2.45, 2.75) is 37.1 Å². The van der Waals surface area contributed by atoms with Crippen LogP contribution < -0.4 is 10.8 Å². The van der Waals surface area contributed by atoms with Crippen molar-refractivity contribution in [2.75, 3.05) is 26.8 Å². The predicted octanol–water partition coefficient (Wildman–Crippen LogP) is -1.98. The second-order valence-electron chi connectivity index (χ2n) is 7.11. The number of hydroxylamine groups is 3. The average molecular weight is 392 g/mol. The molecule has 1 saturated carbocycles. The van der Waals surface area contributed by atoms with Crippen molar-refractivity contribution in [2.24, 2.45) is 5.41 Å². The van der Waals surface area contributed by atoms with Crippen LogP contribution in [0.4, 0.5) is 4.79 Å². The number of rotatable bonds is 6. The topological polar surface area (TPSA) is 147 Å². The number of nitrogens with zero attached hydrogens (tertiary/aromatic N) is 2. The Morgan fingerprint density at radius 1 is 1.42 bits per heavy atom. The van der Waals surface area contributed by atoms with E-state index in [0.29, 0.717) is 5.06 Å². The number of nitrogens with one attached hydrogen (secondary N) is 2. The van der Waals surface area contributed by atoms with Crippen LogP contribution in [0, 0.1) is 5.41 Å². The molecule has 0 aromatic rings. The highest BCUT2D eigenvalue weighted by Crippen LogP contribution is 2.47. The Balaban J connectivity index is 1.49. The molecule has 4 aliphatic rings. The van der Waals surface area contributed by atoms with Gasteiger partial charge in [-0.1, -0.05) is 0 Å². The number of hydrogen-bond donors (Lipinski definition) is 3. The third-order valence-corrected chi connectivity index (χ3v) is 5.79. The molecular weight excluding hydrogens is 372 g/mol. The maximum atomic E-state index is 12.6. The van der Waals surface area contributed by atoms with Gasteiger partial charge >= 0.3 is 16.4 Å². The van der Waals surface area contributed by atoms with Crippen LogP contribution in [-0.2, 0) is 29.1 Å². The van der Waals surface area contributed by atoms with Gasteiger partial charge in [0.05, 0.1) is 19.3 Å². The Morgan fingerprint density at radius 3 is 2.69 bits per heavy atom. The molecule has 3 heterocycles. The number of amides is 3. The fourth-order valence-corrected chi connectivity index (χ4v) is 4.20. The summed E-state index contributed by atoms with van der Waals surface area (Å²) >= 11 is 0. The van der Waals surface area contributed by atoms with E-state index in [-0.39, 0.29) is 38.3 Å². The minimum Gasteiger partial charge on any atom is -0.380 e. The fourth-order valence-electron chi connectivity index (χ4n) is 3.83. The van der Waals surface area contributed by atoms with Gasteiger partial charge in [0.2, 0.25) is 0 Å². The molecule has 0 radical (unpaired) electrons. The smallest absolute Gasteiger partial charge is 0.380 e. The van der Waals surface area contributed by atoms with Crippen molar-refractivity contribution in [3.05, 3.63) is 0 Å². The molecule has 3 N–H and O–H groups in total. The summed E-state index contributed by atoms with van der Waals surface area (Å²) in [5.41, 5.74) is 1.78. The van der Waals surface area contributed by atoms with Crippen LogP contribution in [0.25, 0.3) is 0 Å². The Kier molecular flexibility index (Phi) is 4.13. The highest BCUT2D eigenvalue weighted by molar-refractivity contribution is 7.80. The summed E-state index contributed by atoms with van der Waals surface area (Å²) in [7, 11) is -3.07. The summed E-state index contributed by atoms with van der Waals surface area (Å²) < 4.78 is 40.8. The third kappa shape index (κ3) is 2.93. The van der Waals surface area contributed by atoms with E-state index in [1.54, 1.807) is 7.05 Å². The van der Waals surface area contributed by atoms with Crippen LogP contribution in [0.2, 0.25) is 0 Å². The number of likely N-dealkylation sites (N-methyl/N-ethyl adjacent to an activating group) is 1. The first-order valence-corrected chi connectivity index (χ1v) is 9.58. The van der Waals surface area contributed by atoms with E-state index in [1.807, 2.05) is 0 Å². The van der Waals surface area contributed by atoms with Crippen molar-refractivity contribution >= 4 is 22.3 Å². The van der Waals surface area contributed by atoms with Gasteiger partial charge in [0.15, 0.2) is 0 Å². The van der Waals surface area contributed by atoms with E-state index in [9.17, 15) is 18.0 Å². The molecule has 146 valence electrons. The molecule has 3 aliphatic heterocycles. The SMILES string of the molecule is CNC1CC1ONC(=O)[C@@H]1CC2(COC2)[C@@H]2CN1C(=O)N2OS(=O)(=O)O. The molecule has 4 atom stereocenters. The van der Waals surface area contributed by atoms with E-state index in [0.717, 1.165) is 6.42 Å². The third-order valence-electron chi connectivity index (χ3n) is 5.44. The van der Waals surface area contributed by atoms with Crippen LogP contribution in [0.3, 0.4) is 0 Å². The van der Waals surface area contributed by atoms with E-state index in [4.69, 9.17) is 14.1 Å². The summed E-state index contributed by atoms with van der Waals surface area (Å²) in [6.45, 7) is 0.622. The van der Waals surface area contributed by atoms with E-state index < -0.39 is 39.8 Å². The van der Waals surface area contributed by atoms with Crippen LogP contribution in [0.1, 0.15) is 12.8 Å². The number of fused-ring (bicyclic) bond motifs is 3. The molecule has 4 rings (SSSR count). The zero-order chi connectivity index (χ0) is 18.7. The van der Waals surface area contributed by atoms with Crippen LogP contribution in [0.15, 0.2) is 0 Å². The highest BCUT2D eigenvalue weighted by atomic mass is 32.3. The average Bonchev–Trinajstić information content (AvgIpc) is 3.27. The minimum absolute atomic E-state index is 0.0956. The molecule has 12 nitrogen and oxygen atoms in total. The molecule has 0 aromatic carbocycles. The van der Waals surface area contributed by atoms with Crippen molar-refractivity contribution in [1.29, 1.82) is 0 Å². The van der Waals surface area contributed by atoms with Gasteiger partial charge in [-0.3, -0.25) is 14.2 Å². The van der Waals surface area contributed by atoms with Crippen LogP contribution in [-0.4, -0.2) is 85.9 Å².